The second-order valence-electron chi connectivity index (χ2n) is 5.91. The van der Waals surface area contributed by atoms with E-state index in [9.17, 15) is 24.3 Å². The number of anilines is 2. The van der Waals surface area contributed by atoms with Crippen LogP contribution in [-0.2, 0) is 19.2 Å². The number of carboxylic acids is 2. The van der Waals surface area contributed by atoms with Crippen LogP contribution in [-0.4, -0.2) is 51.4 Å². The molecule has 0 bridgehead atoms. The summed E-state index contributed by atoms with van der Waals surface area (Å²) in [6.45, 7) is 0. The fraction of sp³-hybridized carbons (Fsp3) is 0.211. The van der Waals surface area contributed by atoms with Gasteiger partial charge in [-0.15, -0.1) is 11.6 Å². The first-order valence-electron chi connectivity index (χ1n) is 8.48. The molecule has 0 spiro atoms. The summed E-state index contributed by atoms with van der Waals surface area (Å²) in [7, 11) is 0. The molecule has 0 aliphatic rings. The maximum atomic E-state index is 11.7. The zero-order chi connectivity index (χ0) is 21.4. The predicted octanol–water partition coefficient (Wildman–Crippen LogP) is 2.21. The van der Waals surface area contributed by atoms with Crippen molar-refractivity contribution in [2.75, 3.05) is 16.1 Å². The molecule has 9 nitrogen and oxygen atoms in total. The van der Waals surface area contributed by atoms with Gasteiger partial charge in [0, 0.05) is 12.0 Å². The fourth-order valence-electron chi connectivity index (χ4n) is 2.62. The first-order chi connectivity index (χ1) is 13.9. The first kappa shape index (κ1) is 21.8. The summed E-state index contributed by atoms with van der Waals surface area (Å²) in [6, 6.07) is 10.2. The molecular weight excluding hydrogens is 402 g/mol. The Balaban J connectivity index is 2.50. The number of benzene rings is 1. The van der Waals surface area contributed by atoms with E-state index in [0.29, 0.717) is 16.9 Å². The molecule has 0 saturated heterocycles. The number of amides is 2. The van der Waals surface area contributed by atoms with Crippen LogP contribution in [0.25, 0.3) is 11.3 Å². The number of nitrogens with zero attached hydrogens (tertiary/aromatic N) is 2. The third-order valence-corrected chi connectivity index (χ3v) is 4.20. The topological polar surface area (TPSA) is 137 Å². The molecule has 2 aromatic rings. The Hall–Kier alpha value is -3.46. The lowest BCUT2D eigenvalue weighted by atomic mass is 10.1. The van der Waals surface area contributed by atoms with Gasteiger partial charge in [-0.25, -0.2) is 9.78 Å². The smallest absolute Gasteiger partial charge is 0.326 e. The summed E-state index contributed by atoms with van der Waals surface area (Å²) in [5, 5.41) is 20.9. The number of aromatic nitrogens is 1. The molecule has 152 valence electrons. The second kappa shape index (κ2) is 10.2. The van der Waals surface area contributed by atoms with Gasteiger partial charge in [-0.2, -0.15) is 0 Å². The number of alkyl halides is 1. The van der Waals surface area contributed by atoms with Crippen LogP contribution in [0.3, 0.4) is 0 Å². The number of aliphatic carboxylic acids is 2. The lowest BCUT2D eigenvalue weighted by Crippen LogP contribution is -2.41. The highest BCUT2D eigenvalue weighted by molar-refractivity contribution is 6.29. The van der Waals surface area contributed by atoms with E-state index in [-0.39, 0.29) is 24.5 Å². The van der Waals surface area contributed by atoms with Crippen molar-refractivity contribution >= 4 is 47.4 Å². The first-order valence-corrected chi connectivity index (χ1v) is 9.01. The largest absolute Gasteiger partial charge is 0.481 e. The van der Waals surface area contributed by atoms with E-state index >= 15 is 0 Å². The average Bonchev–Trinajstić information content (AvgIpc) is 2.71. The SMILES string of the molecule is O=CN(c1ccc(NC(=O)CCl)c(-c2ccccc2)n1)[C@@H](CCC(=O)O)C(=O)O. The predicted molar refractivity (Wildman–Crippen MR) is 106 cm³/mol. The normalized spacial score (nSPS) is 11.3. The standard InChI is InChI=1S/C19H18ClN3O6/c20-10-16(25)21-13-6-8-15(22-18(13)12-4-2-1-3-5-12)23(11-24)14(19(28)29)7-9-17(26)27/h1-6,8,11,14H,7,9-10H2,(H,21,25)(H,26,27)(H,28,29)/t14-/m0/s1. The van der Waals surface area contributed by atoms with Crippen molar-refractivity contribution < 1.29 is 29.4 Å². The quantitative estimate of drug-likeness (QED) is 0.396. The van der Waals surface area contributed by atoms with E-state index < -0.39 is 30.3 Å². The van der Waals surface area contributed by atoms with E-state index in [4.69, 9.17) is 16.7 Å². The van der Waals surface area contributed by atoms with Crippen LogP contribution in [0.4, 0.5) is 11.5 Å². The number of carbonyl (C=O) groups excluding carboxylic acids is 2. The number of hydrogen-bond acceptors (Lipinski definition) is 5. The Kier molecular flexibility index (Phi) is 7.67. The minimum atomic E-state index is -1.41. The number of halogens is 1. The van der Waals surface area contributed by atoms with Crippen LogP contribution >= 0.6 is 11.6 Å². The monoisotopic (exact) mass is 419 g/mol. The molecule has 10 heteroatoms. The van der Waals surface area contributed by atoms with Gasteiger partial charge < -0.3 is 15.5 Å². The van der Waals surface area contributed by atoms with Gasteiger partial charge in [-0.3, -0.25) is 19.3 Å². The molecule has 2 amide bonds. The Morgan fingerprint density at radius 2 is 1.83 bits per heavy atom. The number of pyridine rings is 1. The van der Waals surface area contributed by atoms with E-state index in [0.717, 1.165) is 4.90 Å². The van der Waals surface area contributed by atoms with Crippen LogP contribution in [0.1, 0.15) is 12.8 Å². The van der Waals surface area contributed by atoms with Gasteiger partial charge >= 0.3 is 11.9 Å². The van der Waals surface area contributed by atoms with Crippen molar-refractivity contribution in [1.29, 1.82) is 0 Å². The Morgan fingerprint density at radius 1 is 1.14 bits per heavy atom. The van der Waals surface area contributed by atoms with Gasteiger partial charge in [0.15, 0.2) is 0 Å². The van der Waals surface area contributed by atoms with E-state index in [1.807, 2.05) is 0 Å². The zero-order valence-electron chi connectivity index (χ0n) is 15.1. The molecule has 2 rings (SSSR count). The molecule has 1 heterocycles. The zero-order valence-corrected chi connectivity index (χ0v) is 15.9. The highest BCUT2D eigenvalue weighted by atomic mass is 35.5. The summed E-state index contributed by atoms with van der Waals surface area (Å²) in [4.78, 5) is 51.0. The molecule has 0 saturated carbocycles. The minimum Gasteiger partial charge on any atom is -0.481 e. The molecular formula is C19H18ClN3O6. The van der Waals surface area contributed by atoms with Crippen molar-refractivity contribution in [3.8, 4) is 11.3 Å². The van der Waals surface area contributed by atoms with Gasteiger partial charge in [-0.05, 0) is 18.6 Å². The molecule has 0 aliphatic carbocycles. The number of carbonyl (C=O) groups is 4. The van der Waals surface area contributed by atoms with Gasteiger partial charge in [0.25, 0.3) is 0 Å². The summed E-state index contributed by atoms with van der Waals surface area (Å²) >= 11 is 5.54. The average molecular weight is 420 g/mol. The van der Waals surface area contributed by atoms with Crippen molar-refractivity contribution in [2.45, 2.75) is 18.9 Å². The molecule has 3 N–H and O–H groups in total. The van der Waals surface area contributed by atoms with Crippen molar-refractivity contribution in [1.82, 2.24) is 4.98 Å². The highest BCUT2D eigenvalue weighted by Gasteiger charge is 2.28. The van der Waals surface area contributed by atoms with Crippen LogP contribution < -0.4 is 10.2 Å². The Morgan fingerprint density at radius 3 is 2.38 bits per heavy atom. The van der Waals surface area contributed by atoms with Crippen molar-refractivity contribution in [2.24, 2.45) is 0 Å². The molecule has 0 radical (unpaired) electrons. The summed E-state index contributed by atoms with van der Waals surface area (Å²) in [5.41, 5.74) is 1.24. The van der Waals surface area contributed by atoms with Crippen LogP contribution in [0.2, 0.25) is 0 Å². The Labute approximate surface area is 170 Å². The van der Waals surface area contributed by atoms with Crippen molar-refractivity contribution in [3.05, 3.63) is 42.5 Å². The van der Waals surface area contributed by atoms with Gasteiger partial charge in [0.05, 0.1) is 11.4 Å². The van der Waals surface area contributed by atoms with Crippen LogP contribution in [0.5, 0.6) is 0 Å². The van der Waals surface area contributed by atoms with Crippen molar-refractivity contribution in [3.63, 3.8) is 0 Å². The number of nitrogens with one attached hydrogen (secondary N) is 1. The van der Waals surface area contributed by atoms with E-state index in [1.165, 1.54) is 12.1 Å². The summed E-state index contributed by atoms with van der Waals surface area (Å²) in [6.07, 6.45) is -0.442. The highest BCUT2D eigenvalue weighted by Crippen LogP contribution is 2.29. The van der Waals surface area contributed by atoms with E-state index in [1.54, 1.807) is 30.3 Å². The molecule has 0 fully saturated rings. The van der Waals surface area contributed by atoms with Gasteiger partial charge in [-0.1, -0.05) is 30.3 Å². The molecule has 1 aromatic heterocycles. The number of rotatable bonds is 10. The summed E-state index contributed by atoms with van der Waals surface area (Å²) in [5.74, 6) is -3.27. The lowest BCUT2D eigenvalue weighted by molar-refractivity contribution is -0.140. The third-order valence-electron chi connectivity index (χ3n) is 3.95. The van der Waals surface area contributed by atoms with Crippen LogP contribution in [0, 0.1) is 0 Å². The Bertz CT molecular complexity index is 906. The van der Waals surface area contributed by atoms with Gasteiger partial charge in [0.2, 0.25) is 12.3 Å². The maximum absolute atomic E-state index is 11.7. The molecule has 29 heavy (non-hydrogen) atoms. The lowest BCUT2D eigenvalue weighted by Gasteiger charge is -2.24. The molecule has 1 atom stereocenters. The van der Waals surface area contributed by atoms with E-state index in [2.05, 4.69) is 10.3 Å². The van der Waals surface area contributed by atoms with Gasteiger partial charge in [0.1, 0.15) is 17.7 Å². The fourth-order valence-corrected chi connectivity index (χ4v) is 2.69. The maximum Gasteiger partial charge on any atom is 0.326 e. The van der Waals surface area contributed by atoms with Crippen LogP contribution in [0.15, 0.2) is 42.5 Å². The number of hydrogen-bond donors (Lipinski definition) is 3. The summed E-state index contributed by atoms with van der Waals surface area (Å²) < 4.78 is 0. The third kappa shape index (κ3) is 5.76. The molecule has 1 aromatic carbocycles. The minimum absolute atomic E-state index is 0.000476. The number of carboxylic acid groups (broad SMARTS) is 2. The molecule has 0 unspecified atom stereocenters. The second-order valence-corrected chi connectivity index (χ2v) is 6.18. The molecule has 0 aliphatic heterocycles.